The van der Waals surface area contributed by atoms with Crippen molar-refractivity contribution >= 4 is 55.2 Å². The van der Waals surface area contributed by atoms with Gasteiger partial charge in [0.25, 0.3) is 5.91 Å². The summed E-state index contributed by atoms with van der Waals surface area (Å²) in [6, 6.07) is 13.0. The number of benzene rings is 2. The molecule has 2 aromatic carbocycles. The average Bonchev–Trinajstić information content (AvgIpc) is 3.08. The van der Waals surface area contributed by atoms with E-state index < -0.39 is 11.3 Å². The molecule has 1 fully saturated rings. The molecular weight excluding hydrogens is 452 g/mol. The summed E-state index contributed by atoms with van der Waals surface area (Å²) in [4.78, 5) is 12.7. The Hall–Kier alpha value is -1.93. The van der Waals surface area contributed by atoms with Crippen LogP contribution in [0.2, 0.25) is 5.02 Å². The van der Waals surface area contributed by atoms with Crippen LogP contribution in [0.4, 0.5) is 5.00 Å². The van der Waals surface area contributed by atoms with Crippen molar-refractivity contribution in [2.45, 2.75) is 51.6 Å². The maximum Gasteiger partial charge on any atom is 0.251 e. The maximum atomic E-state index is 12.7. The number of fused-ring (bicyclic) bond motifs is 1. The van der Waals surface area contributed by atoms with E-state index in [0.717, 1.165) is 46.9 Å². The molecule has 0 bridgehead atoms. The first-order chi connectivity index (χ1) is 14.9. The fraction of sp³-hybridized carbons (Fsp3) is 0.348. The van der Waals surface area contributed by atoms with Crippen LogP contribution >= 0.6 is 22.9 Å². The fourth-order valence-corrected chi connectivity index (χ4v) is 6.19. The summed E-state index contributed by atoms with van der Waals surface area (Å²) < 4.78 is 26.5. The highest BCUT2D eigenvalue weighted by Gasteiger charge is 2.19. The lowest BCUT2D eigenvalue weighted by atomic mass is 9.95. The largest absolute Gasteiger partial charge is 0.755 e. The Kier molecular flexibility index (Phi) is 6.96. The van der Waals surface area contributed by atoms with E-state index in [9.17, 15) is 13.6 Å². The molecule has 0 aliphatic heterocycles. The van der Waals surface area contributed by atoms with Crippen molar-refractivity contribution in [3.8, 4) is 0 Å². The first-order valence-electron chi connectivity index (χ1n) is 10.4. The lowest BCUT2D eigenvalue weighted by molar-refractivity contribution is 0.0927. The van der Waals surface area contributed by atoms with Crippen LogP contribution in [-0.2, 0) is 17.8 Å². The van der Waals surface area contributed by atoms with Gasteiger partial charge in [0, 0.05) is 32.6 Å². The molecule has 4 rings (SSSR count). The molecule has 1 heterocycles. The highest BCUT2D eigenvalue weighted by atomic mass is 35.5. The van der Waals surface area contributed by atoms with E-state index in [1.807, 2.05) is 25.1 Å². The molecule has 1 aliphatic carbocycles. The molecule has 1 aromatic heterocycles. The van der Waals surface area contributed by atoms with Gasteiger partial charge in [-0.1, -0.05) is 43.0 Å². The van der Waals surface area contributed by atoms with Gasteiger partial charge in [0.05, 0.1) is 6.54 Å². The third-order valence-electron chi connectivity index (χ3n) is 5.74. The number of anilines is 1. The zero-order valence-corrected chi connectivity index (χ0v) is 19.6. The molecule has 1 atom stereocenters. The molecular formula is C23H24ClN2O3S2-. The number of amides is 1. The van der Waals surface area contributed by atoms with Gasteiger partial charge in [-0.25, -0.2) is 0 Å². The monoisotopic (exact) mass is 475 g/mol. The summed E-state index contributed by atoms with van der Waals surface area (Å²) in [5, 5.41) is 5.34. The Labute approximate surface area is 193 Å². The molecule has 1 unspecified atom stereocenters. The molecule has 1 saturated carbocycles. The number of carbonyl (C=O) groups excluding carboxylic acids is 1. The van der Waals surface area contributed by atoms with Gasteiger partial charge in [-0.15, -0.1) is 11.3 Å². The SMILES string of the molecule is Cc1c(N(Cc2cccc(C(=O)NC3CCCCC3)c2)S(=O)[O-])sc2ccc(Cl)cc12. The van der Waals surface area contributed by atoms with Gasteiger partial charge in [-0.3, -0.25) is 13.3 Å². The first-order valence-corrected chi connectivity index (χ1v) is 12.6. The van der Waals surface area contributed by atoms with E-state index in [-0.39, 0.29) is 18.5 Å². The average molecular weight is 476 g/mol. The zero-order valence-electron chi connectivity index (χ0n) is 17.2. The molecule has 0 spiro atoms. The molecule has 31 heavy (non-hydrogen) atoms. The van der Waals surface area contributed by atoms with Crippen molar-refractivity contribution in [2.24, 2.45) is 0 Å². The topological polar surface area (TPSA) is 72.5 Å². The molecule has 1 N–H and O–H groups in total. The Bertz CT molecular complexity index is 1130. The number of rotatable bonds is 6. The number of hydrogen-bond donors (Lipinski definition) is 1. The summed E-state index contributed by atoms with van der Waals surface area (Å²) in [5.41, 5.74) is 2.19. The summed E-state index contributed by atoms with van der Waals surface area (Å²) >= 11 is 5.08. The number of nitrogens with one attached hydrogen (secondary N) is 1. The van der Waals surface area contributed by atoms with Crippen LogP contribution in [0.25, 0.3) is 10.1 Å². The van der Waals surface area contributed by atoms with Crippen molar-refractivity contribution < 1.29 is 13.6 Å². The number of nitrogens with zero attached hydrogens (tertiary/aromatic N) is 1. The molecule has 1 amide bonds. The van der Waals surface area contributed by atoms with E-state index in [4.69, 9.17) is 11.6 Å². The standard InChI is InChI=1S/C23H25ClN2O3S2/c1-15-20-13-18(24)10-11-21(20)30-23(15)26(31(28)29)14-16-6-5-7-17(12-16)22(27)25-19-8-3-2-4-9-19/h5-7,10-13,19H,2-4,8-9,14H2,1H3,(H,25,27)(H,28,29)/p-1. The van der Waals surface area contributed by atoms with Gasteiger partial charge < -0.3 is 9.87 Å². The third kappa shape index (κ3) is 5.12. The maximum absolute atomic E-state index is 12.7. The van der Waals surface area contributed by atoms with E-state index >= 15 is 0 Å². The number of aryl methyl sites for hydroxylation is 1. The molecule has 5 nitrogen and oxygen atoms in total. The highest BCUT2D eigenvalue weighted by molar-refractivity contribution is 7.81. The van der Waals surface area contributed by atoms with Crippen LogP contribution in [0.3, 0.4) is 0 Å². The predicted molar refractivity (Wildman–Crippen MR) is 127 cm³/mol. The van der Waals surface area contributed by atoms with E-state index in [1.165, 1.54) is 22.1 Å². The normalized spacial score (nSPS) is 15.7. The number of thiophene rings is 1. The van der Waals surface area contributed by atoms with E-state index in [1.54, 1.807) is 24.3 Å². The minimum Gasteiger partial charge on any atom is -0.755 e. The summed E-state index contributed by atoms with van der Waals surface area (Å²) in [5.74, 6) is -0.101. The van der Waals surface area contributed by atoms with Crippen LogP contribution < -0.4 is 9.62 Å². The molecule has 3 aromatic rings. The van der Waals surface area contributed by atoms with Crippen LogP contribution in [0.15, 0.2) is 42.5 Å². The second-order valence-corrected chi connectivity index (χ2v) is 10.3. The molecule has 8 heteroatoms. The second-order valence-electron chi connectivity index (χ2n) is 7.94. The van der Waals surface area contributed by atoms with Gasteiger partial charge in [-0.05, 0) is 66.6 Å². The van der Waals surface area contributed by atoms with Gasteiger partial charge in [0.1, 0.15) is 5.00 Å². The summed E-state index contributed by atoms with van der Waals surface area (Å²) in [7, 11) is 0. The first kappa shape index (κ1) is 22.3. The summed E-state index contributed by atoms with van der Waals surface area (Å²) in [6.45, 7) is 2.06. The Morgan fingerprint density at radius 1 is 1.23 bits per heavy atom. The Morgan fingerprint density at radius 3 is 2.74 bits per heavy atom. The van der Waals surface area contributed by atoms with Gasteiger partial charge in [-0.2, -0.15) is 0 Å². The second kappa shape index (κ2) is 9.69. The molecule has 164 valence electrons. The van der Waals surface area contributed by atoms with Crippen molar-refractivity contribution in [3.05, 3.63) is 64.2 Å². The van der Waals surface area contributed by atoms with E-state index in [0.29, 0.717) is 15.6 Å². The Balaban J connectivity index is 1.56. The Morgan fingerprint density at radius 2 is 2.00 bits per heavy atom. The highest BCUT2D eigenvalue weighted by Crippen LogP contribution is 2.39. The minimum absolute atomic E-state index is 0.101. The lowest BCUT2D eigenvalue weighted by Gasteiger charge is -2.26. The summed E-state index contributed by atoms with van der Waals surface area (Å²) in [6.07, 6.45) is 5.56. The van der Waals surface area contributed by atoms with Gasteiger partial charge in [0.15, 0.2) is 0 Å². The van der Waals surface area contributed by atoms with E-state index in [2.05, 4.69) is 5.32 Å². The smallest absolute Gasteiger partial charge is 0.251 e. The minimum atomic E-state index is -2.46. The van der Waals surface area contributed by atoms with Gasteiger partial charge >= 0.3 is 0 Å². The third-order valence-corrected chi connectivity index (χ3v) is 8.05. The van der Waals surface area contributed by atoms with Crippen LogP contribution in [0, 0.1) is 6.92 Å². The quantitative estimate of drug-likeness (QED) is 0.463. The van der Waals surface area contributed by atoms with Gasteiger partial charge in [0.2, 0.25) is 0 Å². The number of hydrogen-bond acceptors (Lipinski definition) is 4. The lowest BCUT2D eigenvalue weighted by Crippen LogP contribution is -2.36. The van der Waals surface area contributed by atoms with Crippen molar-refractivity contribution in [3.63, 3.8) is 0 Å². The van der Waals surface area contributed by atoms with Crippen molar-refractivity contribution in [1.29, 1.82) is 0 Å². The predicted octanol–water partition coefficient (Wildman–Crippen LogP) is 5.73. The van der Waals surface area contributed by atoms with Crippen LogP contribution in [0.1, 0.15) is 53.6 Å². The van der Waals surface area contributed by atoms with Crippen LogP contribution in [0.5, 0.6) is 0 Å². The molecule has 0 saturated heterocycles. The van der Waals surface area contributed by atoms with Crippen LogP contribution in [-0.4, -0.2) is 20.7 Å². The number of carbonyl (C=O) groups is 1. The fourth-order valence-electron chi connectivity index (χ4n) is 4.10. The molecule has 0 radical (unpaired) electrons. The zero-order chi connectivity index (χ0) is 22.0. The van der Waals surface area contributed by atoms with Crippen molar-refractivity contribution in [2.75, 3.05) is 4.31 Å². The number of halogens is 1. The van der Waals surface area contributed by atoms with Crippen molar-refractivity contribution in [1.82, 2.24) is 5.32 Å². The molecule has 1 aliphatic rings.